The average Bonchev–Trinajstić information content (AvgIpc) is 2.91. The van der Waals surface area contributed by atoms with E-state index in [2.05, 4.69) is 4.99 Å². The van der Waals surface area contributed by atoms with Gasteiger partial charge >= 0.3 is 5.97 Å². The van der Waals surface area contributed by atoms with Crippen LogP contribution in [0.3, 0.4) is 0 Å². The molecular weight excluding hydrogens is 395 g/mol. The summed E-state index contributed by atoms with van der Waals surface area (Å²) in [5, 5.41) is 0.883. The highest BCUT2D eigenvalue weighted by molar-refractivity contribution is 7.16. The van der Waals surface area contributed by atoms with Gasteiger partial charge in [-0.15, -0.1) is 0 Å². The zero-order chi connectivity index (χ0) is 18.7. The molecule has 0 aliphatic heterocycles. The van der Waals surface area contributed by atoms with Crippen molar-refractivity contribution < 1.29 is 14.3 Å². The van der Waals surface area contributed by atoms with Gasteiger partial charge in [-0.25, -0.2) is 0 Å². The third kappa shape index (κ3) is 3.98. The summed E-state index contributed by atoms with van der Waals surface area (Å²) in [6.07, 6.45) is 0. The molecule has 0 atom stereocenters. The quantitative estimate of drug-likeness (QED) is 0.604. The zero-order valence-corrected chi connectivity index (χ0v) is 16.1. The number of fused-ring (bicyclic) bond motifs is 1. The molecule has 134 valence electrons. The number of esters is 1. The number of carbonyl (C=O) groups is 2. The van der Waals surface area contributed by atoms with Crippen LogP contribution in [0.1, 0.15) is 17.3 Å². The first-order valence-electron chi connectivity index (χ1n) is 7.77. The van der Waals surface area contributed by atoms with Gasteiger partial charge in [-0.1, -0.05) is 46.7 Å². The highest BCUT2D eigenvalue weighted by Crippen LogP contribution is 2.22. The monoisotopic (exact) mass is 408 g/mol. The van der Waals surface area contributed by atoms with E-state index in [1.807, 2.05) is 0 Å². The molecule has 0 N–H and O–H groups in total. The molecule has 0 saturated carbocycles. The van der Waals surface area contributed by atoms with E-state index in [-0.39, 0.29) is 13.2 Å². The normalized spacial score (nSPS) is 11.7. The number of aromatic nitrogens is 1. The van der Waals surface area contributed by atoms with Gasteiger partial charge in [0.05, 0.1) is 27.4 Å². The molecule has 26 heavy (non-hydrogen) atoms. The van der Waals surface area contributed by atoms with E-state index in [0.29, 0.717) is 20.4 Å². The predicted molar refractivity (Wildman–Crippen MR) is 103 cm³/mol. The number of hydrogen-bond donors (Lipinski definition) is 0. The molecule has 2 aromatic carbocycles. The van der Waals surface area contributed by atoms with Gasteiger partial charge in [-0.05, 0) is 37.3 Å². The van der Waals surface area contributed by atoms with Crippen LogP contribution < -0.4 is 4.80 Å². The first-order valence-corrected chi connectivity index (χ1v) is 9.35. The SMILES string of the molecule is CCOC(=O)Cn1c(=NC(=O)c2ccccc2Cl)sc2cc(Cl)ccc21. The molecule has 0 radical (unpaired) electrons. The van der Waals surface area contributed by atoms with Crippen molar-refractivity contribution >= 4 is 56.6 Å². The maximum Gasteiger partial charge on any atom is 0.326 e. The molecule has 3 rings (SSSR count). The Labute approximate surface area is 163 Å². The number of thiazole rings is 1. The Balaban J connectivity index is 2.13. The number of nitrogens with zero attached hydrogens (tertiary/aromatic N) is 2. The Morgan fingerprint density at radius 3 is 2.69 bits per heavy atom. The third-order valence-corrected chi connectivity index (χ3v) is 5.14. The maximum absolute atomic E-state index is 12.5. The van der Waals surface area contributed by atoms with Crippen molar-refractivity contribution in [1.82, 2.24) is 4.57 Å². The van der Waals surface area contributed by atoms with Crippen LogP contribution in [0.25, 0.3) is 10.2 Å². The van der Waals surface area contributed by atoms with Crippen LogP contribution >= 0.6 is 34.5 Å². The van der Waals surface area contributed by atoms with Crippen LogP contribution in [0, 0.1) is 0 Å². The minimum Gasteiger partial charge on any atom is -0.465 e. The Kier molecular flexibility index (Phi) is 5.76. The van der Waals surface area contributed by atoms with E-state index < -0.39 is 11.9 Å². The Morgan fingerprint density at radius 2 is 1.96 bits per heavy atom. The number of ether oxygens (including phenoxy) is 1. The van der Waals surface area contributed by atoms with Crippen molar-refractivity contribution in [2.24, 2.45) is 4.99 Å². The van der Waals surface area contributed by atoms with Crippen LogP contribution in [0.15, 0.2) is 47.5 Å². The predicted octanol–water partition coefficient (Wildman–Crippen LogP) is 4.31. The second-order valence-corrected chi connectivity index (χ2v) is 7.14. The maximum atomic E-state index is 12.5. The highest BCUT2D eigenvalue weighted by atomic mass is 35.5. The van der Waals surface area contributed by atoms with Gasteiger partial charge in [0, 0.05) is 5.02 Å². The lowest BCUT2D eigenvalue weighted by molar-refractivity contribution is -0.143. The summed E-state index contributed by atoms with van der Waals surface area (Å²) in [5.41, 5.74) is 1.05. The number of halogens is 2. The van der Waals surface area contributed by atoms with E-state index in [9.17, 15) is 9.59 Å². The van der Waals surface area contributed by atoms with Crippen molar-refractivity contribution in [1.29, 1.82) is 0 Å². The molecule has 1 amide bonds. The van der Waals surface area contributed by atoms with Gasteiger partial charge in [0.15, 0.2) is 4.80 Å². The zero-order valence-electron chi connectivity index (χ0n) is 13.7. The Morgan fingerprint density at radius 1 is 1.19 bits per heavy atom. The Hall–Kier alpha value is -2.15. The number of hydrogen-bond acceptors (Lipinski definition) is 4. The van der Waals surface area contributed by atoms with E-state index in [4.69, 9.17) is 27.9 Å². The van der Waals surface area contributed by atoms with E-state index in [1.165, 1.54) is 11.3 Å². The molecule has 0 aliphatic rings. The molecule has 0 bridgehead atoms. The van der Waals surface area contributed by atoms with Gasteiger partial charge in [0.2, 0.25) is 0 Å². The fourth-order valence-corrected chi connectivity index (χ4v) is 3.92. The van der Waals surface area contributed by atoms with Gasteiger partial charge in [0.1, 0.15) is 6.54 Å². The average molecular weight is 409 g/mol. The number of carbonyl (C=O) groups excluding carboxylic acids is 2. The van der Waals surface area contributed by atoms with Crippen molar-refractivity contribution in [2.45, 2.75) is 13.5 Å². The van der Waals surface area contributed by atoms with Crippen LogP contribution in [0.4, 0.5) is 0 Å². The van der Waals surface area contributed by atoms with Crippen molar-refractivity contribution in [3.8, 4) is 0 Å². The second-order valence-electron chi connectivity index (χ2n) is 5.28. The lowest BCUT2D eigenvalue weighted by Gasteiger charge is -2.05. The Bertz CT molecular complexity index is 1060. The van der Waals surface area contributed by atoms with Gasteiger partial charge < -0.3 is 9.30 Å². The smallest absolute Gasteiger partial charge is 0.326 e. The van der Waals surface area contributed by atoms with Gasteiger partial charge in [0.25, 0.3) is 5.91 Å². The summed E-state index contributed by atoms with van der Waals surface area (Å²) in [6.45, 7) is 1.96. The molecule has 3 aromatic rings. The van der Waals surface area contributed by atoms with Crippen LogP contribution in [0.2, 0.25) is 10.0 Å². The summed E-state index contributed by atoms with van der Waals surface area (Å²) >= 11 is 13.4. The fourth-order valence-electron chi connectivity index (χ4n) is 2.40. The minimum atomic E-state index is -0.481. The molecule has 0 spiro atoms. The summed E-state index contributed by atoms with van der Waals surface area (Å²) in [6, 6.07) is 12.0. The number of benzene rings is 2. The van der Waals surface area contributed by atoms with Crippen LogP contribution in [0.5, 0.6) is 0 Å². The largest absolute Gasteiger partial charge is 0.465 e. The lowest BCUT2D eigenvalue weighted by atomic mass is 10.2. The van der Waals surface area contributed by atoms with Crippen molar-refractivity contribution in [3.63, 3.8) is 0 Å². The van der Waals surface area contributed by atoms with Crippen LogP contribution in [-0.2, 0) is 16.1 Å². The molecular formula is C18H14Cl2N2O3S. The molecule has 0 aliphatic carbocycles. The van der Waals surface area contributed by atoms with E-state index >= 15 is 0 Å². The third-order valence-electron chi connectivity index (χ3n) is 3.54. The fraction of sp³-hybridized carbons (Fsp3) is 0.167. The molecule has 0 fully saturated rings. The molecule has 1 heterocycles. The van der Waals surface area contributed by atoms with E-state index in [0.717, 1.165) is 10.2 Å². The lowest BCUT2D eigenvalue weighted by Crippen LogP contribution is -2.23. The van der Waals surface area contributed by atoms with E-state index in [1.54, 1.807) is 54.0 Å². The standard InChI is InChI=1S/C18H14Cl2N2O3S/c1-2-25-16(23)10-22-14-8-7-11(19)9-15(14)26-18(22)21-17(24)12-5-3-4-6-13(12)20/h3-9H,2,10H2,1H3. The first kappa shape index (κ1) is 18.6. The minimum absolute atomic E-state index is 0.0515. The van der Waals surface area contributed by atoms with Gasteiger partial charge in [-0.2, -0.15) is 4.99 Å². The first-order chi connectivity index (χ1) is 12.5. The summed E-state index contributed by atoms with van der Waals surface area (Å²) in [5.74, 6) is -0.889. The second kappa shape index (κ2) is 8.03. The van der Waals surface area contributed by atoms with Gasteiger partial charge in [-0.3, -0.25) is 9.59 Å². The van der Waals surface area contributed by atoms with Crippen LogP contribution in [-0.4, -0.2) is 23.1 Å². The topological polar surface area (TPSA) is 60.7 Å². The summed E-state index contributed by atoms with van der Waals surface area (Å²) < 4.78 is 7.48. The summed E-state index contributed by atoms with van der Waals surface area (Å²) in [4.78, 5) is 29.1. The van der Waals surface area contributed by atoms with Crippen molar-refractivity contribution in [2.75, 3.05) is 6.61 Å². The number of amides is 1. The molecule has 1 aromatic heterocycles. The van der Waals surface area contributed by atoms with Crippen molar-refractivity contribution in [3.05, 3.63) is 62.9 Å². The highest BCUT2D eigenvalue weighted by Gasteiger charge is 2.14. The molecule has 8 heteroatoms. The molecule has 0 unspecified atom stereocenters. The molecule has 0 saturated heterocycles. The summed E-state index contributed by atoms with van der Waals surface area (Å²) in [7, 11) is 0. The number of rotatable bonds is 4. The molecule has 5 nitrogen and oxygen atoms in total.